The molecule has 158 valence electrons. The van der Waals surface area contributed by atoms with Crippen molar-refractivity contribution in [1.82, 2.24) is 9.80 Å². The molecular formula is C23H28N4O2S. The Hall–Kier alpha value is -2.64. The van der Waals surface area contributed by atoms with Gasteiger partial charge in [0, 0.05) is 25.2 Å². The predicted octanol–water partition coefficient (Wildman–Crippen LogP) is 3.83. The van der Waals surface area contributed by atoms with E-state index in [-0.39, 0.29) is 18.2 Å². The lowest BCUT2D eigenvalue weighted by Crippen LogP contribution is -2.38. The number of para-hydroxylation sites is 1. The summed E-state index contributed by atoms with van der Waals surface area (Å²) in [5, 5.41) is 3.05. The Morgan fingerprint density at radius 1 is 1.13 bits per heavy atom. The Balaban J connectivity index is 1.78. The Morgan fingerprint density at radius 2 is 1.80 bits per heavy atom. The van der Waals surface area contributed by atoms with Gasteiger partial charge < -0.3 is 10.2 Å². The van der Waals surface area contributed by atoms with Crippen LogP contribution in [0.3, 0.4) is 0 Å². The molecule has 1 N–H and O–H groups in total. The lowest BCUT2D eigenvalue weighted by molar-refractivity contribution is -0.128. The number of carbonyl (C=O) groups is 2. The highest BCUT2D eigenvalue weighted by Gasteiger charge is 2.39. The van der Waals surface area contributed by atoms with E-state index >= 15 is 0 Å². The van der Waals surface area contributed by atoms with Gasteiger partial charge in [-0.1, -0.05) is 36.0 Å². The first-order valence-corrected chi connectivity index (χ1v) is 10.8. The predicted molar refractivity (Wildman–Crippen MR) is 124 cm³/mol. The second kappa shape index (κ2) is 9.91. The monoisotopic (exact) mass is 424 g/mol. The number of nitrogens with zero attached hydrogens (tertiary/aromatic N) is 3. The van der Waals surface area contributed by atoms with Crippen LogP contribution in [-0.4, -0.2) is 59.2 Å². The SMILES string of the molecule is Cc1cc(C)cc(N=C2SC(CC(=O)Nc3ccccc3)C(=O)N2CCN(C)C)c1. The molecular weight excluding hydrogens is 396 g/mol. The number of rotatable bonds is 7. The number of hydrogen-bond donors (Lipinski definition) is 1. The maximum Gasteiger partial charge on any atom is 0.242 e. The Kier molecular flexibility index (Phi) is 7.29. The summed E-state index contributed by atoms with van der Waals surface area (Å²) in [5.41, 5.74) is 3.81. The second-order valence-corrected chi connectivity index (χ2v) is 8.93. The van der Waals surface area contributed by atoms with E-state index in [0.717, 1.165) is 29.0 Å². The molecule has 3 rings (SSSR count). The summed E-state index contributed by atoms with van der Waals surface area (Å²) >= 11 is 1.37. The van der Waals surface area contributed by atoms with Crippen LogP contribution in [-0.2, 0) is 9.59 Å². The molecule has 1 atom stereocenters. The minimum atomic E-state index is -0.472. The molecule has 0 radical (unpaired) electrons. The van der Waals surface area contributed by atoms with Gasteiger partial charge in [-0.25, -0.2) is 4.99 Å². The average Bonchev–Trinajstić information content (AvgIpc) is 2.94. The van der Waals surface area contributed by atoms with E-state index in [1.165, 1.54) is 11.8 Å². The lowest BCUT2D eigenvalue weighted by Gasteiger charge is -2.19. The molecule has 1 aliphatic rings. The summed E-state index contributed by atoms with van der Waals surface area (Å²) in [5.74, 6) is -0.236. The quantitative estimate of drug-likeness (QED) is 0.734. The van der Waals surface area contributed by atoms with E-state index in [1.807, 2.05) is 75.3 Å². The first kappa shape index (κ1) is 22.1. The fraction of sp³-hybridized carbons (Fsp3) is 0.348. The summed E-state index contributed by atoms with van der Waals surface area (Å²) in [6, 6.07) is 15.4. The number of nitrogens with one attached hydrogen (secondary N) is 1. The summed E-state index contributed by atoms with van der Waals surface area (Å²) in [6.45, 7) is 5.33. The number of amidine groups is 1. The van der Waals surface area contributed by atoms with Crippen molar-refractivity contribution in [2.75, 3.05) is 32.5 Å². The summed E-state index contributed by atoms with van der Waals surface area (Å²) in [7, 11) is 3.94. The van der Waals surface area contributed by atoms with Crippen LogP contribution in [0.2, 0.25) is 0 Å². The van der Waals surface area contributed by atoms with Crippen molar-refractivity contribution >= 4 is 40.1 Å². The van der Waals surface area contributed by atoms with Crippen LogP contribution in [0.5, 0.6) is 0 Å². The van der Waals surface area contributed by atoms with Gasteiger partial charge in [0.1, 0.15) is 5.25 Å². The molecule has 0 bridgehead atoms. The minimum absolute atomic E-state index is 0.0619. The van der Waals surface area contributed by atoms with Gasteiger partial charge in [0.15, 0.2) is 5.17 Å². The van der Waals surface area contributed by atoms with Gasteiger partial charge in [0.25, 0.3) is 0 Å². The molecule has 2 amide bonds. The minimum Gasteiger partial charge on any atom is -0.326 e. The van der Waals surface area contributed by atoms with Gasteiger partial charge in [-0.3, -0.25) is 14.5 Å². The van der Waals surface area contributed by atoms with Crippen LogP contribution in [0.4, 0.5) is 11.4 Å². The largest absolute Gasteiger partial charge is 0.326 e. The van der Waals surface area contributed by atoms with E-state index in [0.29, 0.717) is 11.7 Å². The van der Waals surface area contributed by atoms with Crippen molar-refractivity contribution in [3.05, 3.63) is 59.7 Å². The van der Waals surface area contributed by atoms with Crippen molar-refractivity contribution in [3.63, 3.8) is 0 Å². The number of anilines is 1. The molecule has 1 saturated heterocycles. The molecule has 2 aromatic carbocycles. The number of carbonyl (C=O) groups excluding carboxylic acids is 2. The third-order valence-corrected chi connectivity index (χ3v) is 5.83. The molecule has 0 aliphatic carbocycles. The number of benzene rings is 2. The molecule has 0 spiro atoms. The number of likely N-dealkylation sites (N-methyl/N-ethyl adjacent to an activating group) is 1. The second-order valence-electron chi connectivity index (χ2n) is 7.76. The molecule has 1 heterocycles. The highest BCUT2D eigenvalue weighted by molar-refractivity contribution is 8.15. The van der Waals surface area contributed by atoms with E-state index < -0.39 is 5.25 Å². The Morgan fingerprint density at radius 3 is 2.43 bits per heavy atom. The van der Waals surface area contributed by atoms with Crippen molar-refractivity contribution in [2.45, 2.75) is 25.5 Å². The molecule has 30 heavy (non-hydrogen) atoms. The zero-order chi connectivity index (χ0) is 21.7. The highest BCUT2D eigenvalue weighted by atomic mass is 32.2. The fourth-order valence-corrected chi connectivity index (χ4v) is 4.44. The first-order valence-electron chi connectivity index (χ1n) is 9.96. The molecule has 2 aromatic rings. The van der Waals surface area contributed by atoms with Crippen LogP contribution in [0.25, 0.3) is 0 Å². The molecule has 7 heteroatoms. The topological polar surface area (TPSA) is 65.0 Å². The Bertz CT molecular complexity index is 923. The zero-order valence-corrected chi connectivity index (χ0v) is 18.7. The third kappa shape index (κ3) is 5.93. The zero-order valence-electron chi connectivity index (χ0n) is 17.9. The molecule has 6 nitrogen and oxygen atoms in total. The smallest absolute Gasteiger partial charge is 0.242 e. The average molecular weight is 425 g/mol. The normalized spacial score (nSPS) is 17.8. The van der Waals surface area contributed by atoms with Crippen LogP contribution in [0.15, 0.2) is 53.5 Å². The molecule has 0 aromatic heterocycles. The van der Waals surface area contributed by atoms with E-state index in [9.17, 15) is 9.59 Å². The van der Waals surface area contributed by atoms with Crippen molar-refractivity contribution in [3.8, 4) is 0 Å². The van der Waals surface area contributed by atoms with Crippen LogP contribution in [0, 0.1) is 13.8 Å². The van der Waals surface area contributed by atoms with Crippen LogP contribution < -0.4 is 5.32 Å². The first-order chi connectivity index (χ1) is 14.3. The van der Waals surface area contributed by atoms with E-state index in [1.54, 1.807) is 4.90 Å². The van der Waals surface area contributed by atoms with E-state index in [2.05, 4.69) is 11.4 Å². The third-order valence-electron chi connectivity index (χ3n) is 4.65. The molecule has 1 fully saturated rings. The summed E-state index contributed by atoms with van der Waals surface area (Å²) < 4.78 is 0. The van der Waals surface area contributed by atoms with Gasteiger partial charge in [0.05, 0.1) is 5.69 Å². The molecule has 1 aliphatic heterocycles. The number of aliphatic imine (C=N–C) groups is 1. The number of thioether (sulfide) groups is 1. The van der Waals surface area contributed by atoms with Gasteiger partial charge in [-0.2, -0.15) is 0 Å². The van der Waals surface area contributed by atoms with Gasteiger partial charge >= 0.3 is 0 Å². The number of hydrogen-bond acceptors (Lipinski definition) is 5. The van der Waals surface area contributed by atoms with Crippen molar-refractivity contribution in [2.24, 2.45) is 4.99 Å². The summed E-state index contributed by atoms with van der Waals surface area (Å²) in [6.07, 6.45) is 0.114. The van der Waals surface area contributed by atoms with Crippen LogP contribution in [0.1, 0.15) is 17.5 Å². The van der Waals surface area contributed by atoms with Gasteiger partial charge in [-0.05, 0) is 63.3 Å². The maximum atomic E-state index is 13.1. The molecule has 1 unspecified atom stereocenters. The summed E-state index contributed by atoms with van der Waals surface area (Å²) in [4.78, 5) is 34.1. The van der Waals surface area contributed by atoms with Gasteiger partial charge in [0.2, 0.25) is 11.8 Å². The Labute approximate surface area is 182 Å². The maximum absolute atomic E-state index is 13.1. The van der Waals surface area contributed by atoms with Crippen molar-refractivity contribution < 1.29 is 9.59 Å². The molecule has 0 saturated carbocycles. The van der Waals surface area contributed by atoms with Crippen molar-refractivity contribution in [1.29, 1.82) is 0 Å². The van der Waals surface area contributed by atoms with Crippen LogP contribution >= 0.6 is 11.8 Å². The highest BCUT2D eigenvalue weighted by Crippen LogP contribution is 2.32. The fourth-order valence-electron chi connectivity index (χ4n) is 3.26. The van der Waals surface area contributed by atoms with E-state index in [4.69, 9.17) is 4.99 Å². The standard InChI is InChI=1S/C23H28N4O2S/c1-16-12-17(2)14-19(13-16)25-23-27(11-10-26(3)4)22(29)20(30-23)15-21(28)24-18-8-6-5-7-9-18/h5-9,12-14,20H,10-11,15H2,1-4H3,(H,24,28). The number of aryl methyl sites for hydroxylation is 2. The van der Waals surface area contributed by atoms with Gasteiger partial charge in [-0.15, -0.1) is 0 Å². The number of amides is 2. The lowest BCUT2D eigenvalue weighted by atomic mass is 10.1.